The van der Waals surface area contributed by atoms with Gasteiger partial charge in [0, 0.05) is 12.1 Å². The molecule has 0 aromatic heterocycles. The Bertz CT molecular complexity index is 537. The van der Waals surface area contributed by atoms with Crippen molar-refractivity contribution in [3.05, 3.63) is 34.1 Å². The average Bonchev–Trinajstić information content (AvgIpc) is 2.42. The lowest BCUT2D eigenvalue weighted by molar-refractivity contribution is -0.386. The van der Waals surface area contributed by atoms with Crippen LogP contribution in [0, 0.1) is 15.9 Å². The summed E-state index contributed by atoms with van der Waals surface area (Å²) in [6.07, 6.45) is 0.711. The van der Waals surface area contributed by atoms with Crippen LogP contribution in [-0.4, -0.2) is 34.7 Å². The van der Waals surface area contributed by atoms with Crippen molar-refractivity contribution in [2.75, 3.05) is 13.2 Å². The van der Waals surface area contributed by atoms with Crippen molar-refractivity contribution in [1.29, 1.82) is 0 Å². The van der Waals surface area contributed by atoms with Gasteiger partial charge >= 0.3 is 11.7 Å². The summed E-state index contributed by atoms with van der Waals surface area (Å²) >= 11 is 0. The van der Waals surface area contributed by atoms with Crippen LogP contribution in [0.3, 0.4) is 0 Å². The molecule has 1 aromatic rings. The summed E-state index contributed by atoms with van der Waals surface area (Å²) in [4.78, 5) is 21.4. The fourth-order valence-corrected chi connectivity index (χ4v) is 1.57. The molecule has 0 aliphatic carbocycles. The van der Waals surface area contributed by atoms with E-state index in [1.165, 1.54) is 6.92 Å². The van der Waals surface area contributed by atoms with Crippen molar-refractivity contribution in [1.82, 2.24) is 5.32 Å². The molecule has 8 heteroatoms. The van der Waals surface area contributed by atoms with Crippen LogP contribution in [0.25, 0.3) is 0 Å². The Kier molecular flexibility index (Phi) is 5.60. The third-order valence-corrected chi connectivity index (χ3v) is 2.87. The number of nitrogens with one attached hydrogen (secondary N) is 1. The minimum atomic E-state index is -1.42. The molecule has 0 radical (unpaired) electrons. The average molecular weight is 300 g/mol. The molecule has 0 heterocycles. The first-order valence-electron chi connectivity index (χ1n) is 6.35. The maximum atomic E-state index is 13.2. The monoisotopic (exact) mass is 300 g/mol. The molecule has 1 unspecified atom stereocenters. The number of aliphatic carboxylic acids is 1. The third-order valence-electron chi connectivity index (χ3n) is 2.87. The highest BCUT2D eigenvalue weighted by molar-refractivity contribution is 5.78. The van der Waals surface area contributed by atoms with Crippen molar-refractivity contribution in [2.45, 2.75) is 25.8 Å². The first-order chi connectivity index (χ1) is 9.80. The Morgan fingerprint density at radius 1 is 1.57 bits per heavy atom. The van der Waals surface area contributed by atoms with Crippen LogP contribution in [0.5, 0.6) is 5.75 Å². The number of nitro groups is 1. The van der Waals surface area contributed by atoms with Gasteiger partial charge in [0.1, 0.15) is 18.0 Å². The first kappa shape index (κ1) is 16.8. The molecule has 21 heavy (non-hydrogen) atoms. The molecule has 0 amide bonds. The Morgan fingerprint density at radius 2 is 2.24 bits per heavy atom. The standard InChI is InChI=1S/C13H17FN2O5/c1-3-6-15-13(2,12(17)18)8-21-11-7-9(14)4-5-10(11)16(19)20/h4-5,7,15H,3,6,8H2,1-2H3,(H,17,18). The molecule has 2 N–H and O–H groups in total. The van der Waals surface area contributed by atoms with E-state index in [-0.39, 0.29) is 12.4 Å². The van der Waals surface area contributed by atoms with Crippen molar-refractivity contribution in [3.8, 4) is 5.75 Å². The molecule has 1 atom stereocenters. The van der Waals surface area contributed by atoms with Crippen LogP contribution in [0.2, 0.25) is 0 Å². The number of benzene rings is 1. The van der Waals surface area contributed by atoms with Crippen LogP contribution in [0.1, 0.15) is 20.3 Å². The molecule has 0 aliphatic rings. The van der Waals surface area contributed by atoms with Gasteiger partial charge in [0.2, 0.25) is 0 Å². The molecule has 0 saturated heterocycles. The van der Waals surface area contributed by atoms with Gasteiger partial charge in [-0.2, -0.15) is 0 Å². The van der Waals surface area contributed by atoms with E-state index in [9.17, 15) is 24.4 Å². The molecule has 0 spiro atoms. The van der Waals surface area contributed by atoms with Crippen LogP contribution >= 0.6 is 0 Å². The fourth-order valence-electron chi connectivity index (χ4n) is 1.57. The highest BCUT2D eigenvalue weighted by atomic mass is 19.1. The van der Waals surface area contributed by atoms with Gasteiger partial charge in [-0.3, -0.25) is 20.2 Å². The number of carboxylic acids is 1. The Balaban J connectivity index is 2.92. The summed E-state index contributed by atoms with van der Waals surface area (Å²) in [5.41, 5.74) is -1.84. The van der Waals surface area contributed by atoms with E-state index >= 15 is 0 Å². The molecule has 0 fully saturated rings. The summed E-state index contributed by atoms with van der Waals surface area (Å²) in [5, 5.41) is 22.8. The summed E-state index contributed by atoms with van der Waals surface area (Å²) in [6.45, 7) is 3.34. The van der Waals surface area contributed by atoms with Crippen molar-refractivity contribution < 1.29 is 24.0 Å². The number of halogens is 1. The number of nitrogens with zero attached hydrogens (tertiary/aromatic N) is 1. The number of carbonyl (C=O) groups is 1. The van der Waals surface area contributed by atoms with E-state index in [0.717, 1.165) is 18.2 Å². The van der Waals surface area contributed by atoms with Gasteiger partial charge in [-0.15, -0.1) is 0 Å². The molecule has 0 saturated carbocycles. The normalized spacial score (nSPS) is 13.5. The zero-order chi connectivity index (χ0) is 16.0. The van der Waals surface area contributed by atoms with E-state index in [1.807, 2.05) is 6.92 Å². The minimum Gasteiger partial charge on any atom is -0.484 e. The van der Waals surface area contributed by atoms with Crippen molar-refractivity contribution >= 4 is 11.7 Å². The topological polar surface area (TPSA) is 102 Å². The summed E-state index contributed by atoms with van der Waals surface area (Å²) in [5.74, 6) is -2.16. The van der Waals surface area contributed by atoms with Crippen LogP contribution in [0.4, 0.5) is 10.1 Å². The third kappa shape index (κ3) is 4.38. The summed E-state index contributed by atoms with van der Waals surface area (Å²) in [7, 11) is 0. The molecule has 0 bridgehead atoms. The molecule has 1 rings (SSSR count). The fraction of sp³-hybridized carbons (Fsp3) is 0.462. The summed E-state index contributed by atoms with van der Waals surface area (Å²) < 4.78 is 18.3. The van der Waals surface area contributed by atoms with Gasteiger partial charge in [0.05, 0.1) is 4.92 Å². The number of carboxylic acid groups (broad SMARTS) is 1. The predicted molar refractivity (Wildman–Crippen MR) is 72.9 cm³/mol. The number of ether oxygens (including phenoxy) is 1. The number of hydrogen-bond acceptors (Lipinski definition) is 5. The van der Waals surface area contributed by atoms with Crippen LogP contribution in [0.15, 0.2) is 18.2 Å². The van der Waals surface area contributed by atoms with Crippen molar-refractivity contribution in [3.63, 3.8) is 0 Å². The van der Waals surface area contributed by atoms with Gasteiger partial charge in [-0.25, -0.2) is 4.39 Å². The zero-order valence-electron chi connectivity index (χ0n) is 11.8. The van der Waals surface area contributed by atoms with Gasteiger partial charge < -0.3 is 9.84 Å². The van der Waals surface area contributed by atoms with E-state index in [2.05, 4.69) is 5.32 Å². The van der Waals surface area contributed by atoms with Gasteiger partial charge in [-0.1, -0.05) is 6.92 Å². The van der Waals surface area contributed by atoms with E-state index in [0.29, 0.717) is 13.0 Å². The lowest BCUT2D eigenvalue weighted by atomic mass is 10.0. The smallest absolute Gasteiger partial charge is 0.327 e. The SMILES string of the molecule is CCCNC(C)(COc1cc(F)ccc1[N+](=O)[O-])C(=O)O. The molecule has 1 aromatic carbocycles. The second kappa shape index (κ2) is 6.98. The Morgan fingerprint density at radius 3 is 2.76 bits per heavy atom. The maximum Gasteiger partial charge on any atom is 0.327 e. The molecular weight excluding hydrogens is 283 g/mol. The Labute approximate surface area is 120 Å². The highest BCUT2D eigenvalue weighted by Crippen LogP contribution is 2.28. The minimum absolute atomic E-state index is 0.300. The molecule has 116 valence electrons. The molecule has 7 nitrogen and oxygen atoms in total. The largest absolute Gasteiger partial charge is 0.484 e. The summed E-state index contributed by atoms with van der Waals surface area (Å²) in [6, 6.07) is 2.78. The number of hydrogen-bond donors (Lipinski definition) is 2. The van der Waals surface area contributed by atoms with Crippen LogP contribution in [-0.2, 0) is 4.79 Å². The first-order valence-corrected chi connectivity index (χ1v) is 6.35. The highest BCUT2D eigenvalue weighted by Gasteiger charge is 2.34. The lowest BCUT2D eigenvalue weighted by Crippen LogP contribution is -2.54. The van der Waals surface area contributed by atoms with Gasteiger partial charge in [0.15, 0.2) is 5.75 Å². The van der Waals surface area contributed by atoms with Crippen molar-refractivity contribution in [2.24, 2.45) is 0 Å². The number of nitro benzene ring substituents is 1. The second-order valence-corrected chi connectivity index (χ2v) is 4.72. The second-order valence-electron chi connectivity index (χ2n) is 4.72. The van der Waals surface area contributed by atoms with Gasteiger partial charge in [0.25, 0.3) is 0 Å². The van der Waals surface area contributed by atoms with E-state index in [1.54, 1.807) is 0 Å². The van der Waals surface area contributed by atoms with E-state index < -0.39 is 27.9 Å². The zero-order valence-corrected chi connectivity index (χ0v) is 11.8. The molecule has 0 aliphatic heterocycles. The maximum absolute atomic E-state index is 13.2. The molecular formula is C13H17FN2O5. The Hall–Kier alpha value is -2.22. The lowest BCUT2D eigenvalue weighted by Gasteiger charge is -2.26. The number of rotatable bonds is 8. The quantitative estimate of drug-likeness (QED) is 0.562. The van der Waals surface area contributed by atoms with Crippen LogP contribution < -0.4 is 10.1 Å². The van der Waals surface area contributed by atoms with Gasteiger partial charge in [-0.05, 0) is 26.0 Å². The predicted octanol–water partition coefficient (Wildman–Crippen LogP) is 1.96. The van der Waals surface area contributed by atoms with E-state index in [4.69, 9.17) is 4.74 Å².